The zero-order valence-electron chi connectivity index (χ0n) is 7.13. The Morgan fingerprint density at radius 3 is 2.27 bits per heavy atom. The molecule has 1 amide bonds. The van der Waals surface area contributed by atoms with Gasteiger partial charge in [0.25, 0.3) is 0 Å². The molecule has 0 unspecified atom stereocenters. The van der Waals surface area contributed by atoms with Crippen LogP contribution in [0, 0.1) is 0 Å². The molecular formula is C8H15NOS. The number of carbonyl (C=O) groups is 1. The van der Waals surface area contributed by atoms with E-state index in [4.69, 9.17) is 0 Å². The summed E-state index contributed by atoms with van der Waals surface area (Å²) in [5.41, 5.74) is 0. The molecule has 0 saturated carbocycles. The second kappa shape index (κ2) is 3.05. The smallest absolute Gasteiger partial charge is 0.219 e. The number of nitrogens with zero attached hydrogens (tertiary/aromatic N) is 1. The average Bonchev–Trinajstić information content (AvgIpc) is 1.86. The quantitative estimate of drug-likeness (QED) is 0.548. The summed E-state index contributed by atoms with van der Waals surface area (Å²) in [6, 6.07) is 0. The van der Waals surface area contributed by atoms with E-state index < -0.39 is 0 Å². The van der Waals surface area contributed by atoms with Gasteiger partial charge >= 0.3 is 0 Å². The number of hydrogen-bond acceptors (Lipinski definition) is 2. The van der Waals surface area contributed by atoms with Gasteiger partial charge in [0.05, 0.1) is 0 Å². The van der Waals surface area contributed by atoms with Crippen molar-refractivity contribution >= 4 is 18.5 Å². The summed E-state index contributed by atoms with van der Waals surface area (Å²) in [4.78, 5) is 12.8. The van der Waals surface area contributed by atoms with Gasteiger partial charge in [0, 0.05) is 24.8 Å². The minimum absolute atomic E-state index is 0.145. The Balaban J connectivity index is 2.42. The molecule has 11 heavy (non-hydrogen) atoms. The van der Waals surface area contributed by atoms with Crippen molar-refractivity contribution in [2.24, 2.45) is 0 Å². The van der Waals surface area contributed by atoms with E-state index in [2.05, 4.69) is 19.6 Å². The summed E-state index contributed by atoms with van der Waals surface area (Å²) in [5.74, 6) is 0.189. The fraction of sp³-hybridized carbons (Fsp3) is 0.875. The van der Waals surface area contributed by atoms with E-state index in [-0.39, 0.29) is 10.7 Å². The molecule has 0 aromatic heterocycles. The summed E-state index contributed by atoms with van der Waals surface area (Å²) in [5, 5.41) is 0. The molecule has 0 aromatic rings. The highest BCUT2D eigenvalue weighted by atomic mass is 32.1. The first kappa shape index (κ1) is 8.91. The standard InChI is InChI=1S/C8H15NOS/c1-7(10)9-5-3-8(2,11)4-6-9/h11H,3-6H2,1-2H3. The highest BCUT2D eigenvalue weighted by molar-refractivity contribution is 7.81. The number of rotatable bonds is 0. The van der Waals surface area contributed by atoms with Crippen LogP contribution in [0.4, 0.5) is 0 Å². The van der Waals surface area contributed by atoms with E-state index >= 15 is 0 Å². The van der Waals surface area contributed by atoms with Crippen molar-refractivity contribution in [2.45, 2.75) is 31.4 Å². The van der Waals surface area contributed by atoms with Gasteiger partial charge in [-0.25, -0.2) is 0 Å². The van der Waals surface area contributed by atoms with E-state index in [1.807, 2.05) is 4.90 Å². The molecule has 1 rings (SSSR count). The fourth-order valence-electron chi connectivity index (χ4n) is 1.30. The predicted molar refractivity (Wildman–Crippen MR) is 48.9 cm³/mol. The maximum atomic E-state index is 10.9. The Kier molecular flexibility index (Phi) is 2.47. The molecular weight excluding hydrogens is 158 g/mol. The first-order valence-corrected chi connectivity index (χ1v) is 4.44. The SMILES string of the molecule is CC(=O)N1CCC(C)(S)CC1. The molecule has 0 bridgehead atoms. The molecule has 64 valence electrons. The molecule has 0 aliphatic carbocycles. The van der Waals surface area contributed by atoms with Gasteiger partial charge in [0.1, 0.15) is 0 Å². The monoisotopic (exact) mass is 173 g/mol. The van der Waals surface area contributed by atoms with Gasteiger partial charge in [-0.15, -0.1) is 0 Å². The first-order chi connectivity index (χ1) is 5.01. The van der Waals surface area contributed by atoms with Crippen molar-refractivity contribution in [1.82, 2.24) is 4.90 Å². The van der Waals surface area contributed by atoms with Crippen molar-refractivity contribution in [3.8, 4) is 0 Å². The van der Waals surface area contributed by atoms with Crippen LogP contribution in [0.15, 0.2) is 0 Å². The van der Waals surface area contributed by atoms with Crippen LogP contribution >= 0.6 is 12.6 Å². The largest absolute Gasteiger partial charge is 0.343 e. The summed E-state index contributed by atoms with van der Waals surface area (Å²) >= 11 is 4.49. The lowest BCUT2D eigenvalue weighted by molar-refractivity contribution is -0.129. The van der Waals surface area contributed by atoms with Gasteiger partial charge in [-0.05, 0) is 12.8 Å². The number of carbonyl (C=O) groups excluding carboxylic acids is 1. The molecule has 1 aliphatic rings. The molecule has 0 spiro atoms. The van der Waals surface area contributed by atoms with Crippen molar-refractivity contribution in [1.29, 1.82) is 0 Å². The number of amides is 1. The summed E-state index contributed by atoms with van der Waals surface area (Å²) in [6.45, 7) is 5.50. The Morgan fingerprint density at radius 1 is 1.45 bits per heavy atom. The van der Waals surface area contributed by atoms with E-state index in [1.54, 1.807) is 6.92 Å². The van der Waals surface area contributed by atoms with Gasteiger partial charge < -0.3 is 4.90 Å². The second-order valence-electron chi connectivity index (χ2n) is 3.50. The molecule has 0 aromatic carbocycles. The zero-order valence-corrected chi connectivity index (χ0v) is 8.03. The minimum atomic E-state index is 0.145. The van der Waals surface area contributed by atoms with Crippen LogP contribution in [0.3, 0.4) is 0 Å². The second-order valence-corrected chi connectivity index (χ2v) is 4.58. The van der Waals surface area contributed by atoms with Crippen LogP contribution in [0.25, 0.3) is 0 Å². The molecule has 0 atom stereocenters. The lowest BCUT2D eigenvalue weighted by Crippen LogP contribution is -2.41. The third kappa shape index (κ3) is 2.40. The van der Waals surface area contributed by atoms with Crippen molar-refractivity contribution in [2.75, 3.05) is 13.1 Å². The molecule has 0 N–H and O–H groups in total. The first-order valence-electron chi connectivity index (χ1n) is 3.99. The number of likely N-dealkylation sites (tertiary alicyclic amines) is 1. The average molecular weight is 173 g/mol. The maximum absolute atomic E-state index is 10.9. The Labute approximate surface area is 73.4 Å². The van der Waals surface area contributed by atoms with Crippen molar-refractivity contribution in [3.05, 3.63) is 0 Å². The molecule has 1 heterocycles. The molecule has 1 aliphatic heterocycles. The number of piperidine rings is 1. The molecule has 3 heteroatoms. The van der Waals surface area contributed by atoms with Gasteiger partial charge in [-0.3, -0.25) is 4.79 Å². The van der Waals surface area contributed by atoms with Gasteiger partial charge in [0.2, 0.25) is 5.91 Å². The molecule has 1 fully saturated rings. The van der Waals surface area contributed by atoms with Crippen LogP contribution in [-0.2, 0) is 4.79 Å². The van der Waals surface area contributed by atoms with Gasteiger partial charge in [-0.1, -0.05) is 6.92 Å². The van der Waals surface area contributed by atoms with E-state index in [0.717, 1.165) is 25.9 Å². The third-order valence-corrected chi connectivity index (χ3v) is 2.73. The topological polar surface area (TPSA) is 20.3 Å². The molecule has 0 radical (unpaired) electrons. The van der Waals surface area contributed by atoms with Gasteiger partial charge in [0.15, 0.2) is 0 Å². The fourth-order valence-corrected chi connectivity index (χ4v) is 1.50. The Morgan fingerprint density at radius 2 is 1.91 bits per heavy atom. The van der Waals surface area contributed by atoms with Crippen LogP contribution in [0.5, 0.6) is 0 Å². The highest BCUT2D eigenvalue weighted by Crippen LogP contribution is 2.27. The lowest BCUT2D eigenvalue weighted by Gasteiger charge is -2.35. The van der Waals surface area contributed by atoms with Crippen LogP contribution in [0.2, 0.25) is 0 Å². The normalized spacial score (nSPS) is 23.4. The zero-order chi connectivity index (χ0) is 8.48. The summed E-state index contributed by atoms with van der Waals surface area (Å²) in [6.07, 6.45) is 2.02. The number of hydrogen-bond donors (Lipinski definition) is 1. The highest BCUT2D eigenvalue weighted by Gasteiger charge is 2.26. The maximum Gasteiger partial charge on any atom is 0.219 e. The van der Waals surface area contributed by atoms with Crippen molar-refractivity contribution in [3.63, 3.8) is 0 Å². The van der Waals surface area contributed by atoms with Gasteiger partial charge in [-0.2, -0.15) is 12.6 Å². The predicted octanol–water partition coefficient (Wildman–Crippen LogP) is 1.32. The lowest BCUT2D eigenvalue weighted by atomic mass is 9.98. The van der Waals surface area contributed by atoms with E-state index in [1.165, 1.54) is 0 Å². The van der Waals surface area contributed by atoms with Crippen molar-refractivity contribution < 1.29 is 4.79 Å². The number of thiol groups is 1. The Bertz CT molecular complexity index is 157. The van der Waals surface area contributed by atoms with E-state index in [0.29, 0.717) is 0 Å². The summed E-state index contributed by atoms with van der Waals surface area (Å²) < 4.78 is 0.145. The Hall–Kier alpha value is -0.180. The van der Waals surface area contributed by atoms with Crippen LogP contribution in [-0.4, -0.2) is 28.6 Å². The molecule has 2 nitrogen and oxygen atoms in total. The molecule has 1 saturated heterocycles. The van der Waals surface area contributed by atoms with E-state index in [9.17, 15) is 4.79 Å². The van der Waals surface area contributed by atoms with Crippen LogP contribution in [0.1, 0.15) is 26.7 Å². The minimum Gasteiger partial charge on any atom is -0.343 e. The third-order valence-electron chi connectivity index (χ3n) is 2.29. The summed E-state index contributed by atoms with van der Waals surface area (Å²) in [7, 11) is 0. The van der Waals surface area contributed by atoms with Crippen LogP contribution < -0.4 is 0 Å².